The minimum Gasteiger partial charge on any atom is -0.462 e. The third kappa shape index (κ3) is 2.53. The van der Waals surface area contributed by atoms with E-state index < -0.39 is 9.04 Å². The van der Waals surface area contributed by atoms with Gasteiger partial charge in [0.15, 0.2) is 9.04 Å². The fourth-order valence-corrected chi connectivity index (χ4v) is 6.42. The lowest BCUT2D eigenvalue weighted by molar-refractivity contribution is 0.626. The highest BCUT2D eigenvalue weighted by molar-refractivity contribution is 6.71. The highest BCUT2D eigenvalue weighted by Crippen LogP contribution is 2.09. The Morgan fingerprint density at radius 1 is 1.31 bits per heavy atom. The predicted molar refractivity (Wildman–Crippen MR) is 64.1 cm³/mol. The molecule has 0 aromatic heterocycles. The maximum atomic E-state index is 5.76. The molecule has 0 heterocycles. The van der Waals surface area contributed by atoms with E-state index in [0.29, 0.717) is 5.54 Å². The summed E-state index contributed by atoms with van der Waals surface area (Å²) in [5, 5.41) is 1.48. The van der Waals surface area contributed by atoms with Gasteiger partial charge in [-0.2, -0.15) is 0 Å². The highest BCUT2D eigenvalue weighted by Gasteiger charge is 2.18. The SMILES string of the molecule is Cc1ccccc1[SiH](O[SiH3])C(C)C. The summed E-state index contributed by atoms with van der Waals surface area (Å²) >= 11 is 0. The molecule has 1 aromatic carbocycles. The first kappa shape index (κ1) is 10.7. The molecule has 72 valence electrons. The first-order valence-corrected chi connectivity index (χ1v) is 7.28. The quantitative estimate of drug-likeness (QED) is 0.665. The van der Waals surface area contributed by atoms with Crippen molar-refractivity contribution in [3.8, 4) is 0 Å². The van der Waals surface area contributed by atoms with E-state index in [1.807, 2.05) is 0 Å². The minimum absolute atomic E-state index is 0.693. The molecule has 0 radical (unpaired) electrons. The van der Waals surface area contributed by atoms with Crippen LogP contribution in [0.25, 0.3) is 0 Å². The van der Waals surface area contributed by atoms with Crippen molar-refractivity contribution in [3.05, 3.63) is 29.8 Å². The Morgan fingerprint density at radius 2 is 1.92 bits per heavy atom. The third-order valence-corrected chi connectivity index (χ3v) is 6.86. The molecule has 0 aliphatic heterocycles. The van der Waals surface area contributed by atoms with Gasteiger partial charge in [0.05, 0.1) is 0 Å². The molecule has 0 saturated carbocycles. The van der Waals surface area contributed by atoms with Crippen molar-refractivity contribution in [2.24, 2.45) is 0 Å². The standard InChI is InChI=1S/C10H18OSi2/c1-8(2)13(11-12)10-7-5-4-6-9(10)3/h4-8,13H,1-3,12H3. The normalized spacial score (nSPS) is 13.5. The van der Waals surface area contributed by atoms with Crippen LogP contribution in [-0.4, -0.2) is 19.5 Å². The molecule has 0 aliphatic rings. The van der Waals surface area contributed by atoms with Gasteiger partial charge in [0, 0.05) is 0 Å². The first-order valence-electron chi connectivity index (χ1n) is 4.75. The molecule has 1 unspecified atom stereocenters. The molecule has 0 aliphatic carbocycles. The van der Waals surface area contributed by atoms with Crippen molar-refractivity contribution in [1.82, 2.24) is 0 Å². The average molecular weight is 210 g/mol. The molecule has 1 nitrogen and oxygen atoms in total. The largest absolute Gasteiger partial charge is 0.462 e. The summed E-state index contributed by atoms with van der Waals surface area (Å²) in [6, 6.07) is 8.62. The van der Waals surface area contributed by atoms with Gasteiger partial charge in [0.25, 0.3) is 0 Å². The van der Waals surface area contributed by atoms with Gasteiger partial charge in [-0.1, -0.05) is 38.1 Å². The van der Waals surface area contributed by atoms with Gasteiger partial charge in [0.1, 0.15) is 10.5 Å². The van der Waals surface area contributed by atoms with Gasteiger partial charge in [-0.15, -0.1) is 0 Å². The number of hydrogen-bond acceptors (Lipinski definition) is 1. The summed E-state index contributed by atoms with van der Waals surface area (Å²) in [6.07, 6.45) is 0. The monoisotopic (exact) mass is 210 g/mol. The van der Waals surface area contributed by atoms with E-state index >= 15 is 0 Å². The van der Waals surface area contributed by atoms with E-state index in [4.69, 9.17) is 4.12 Å². The molecule has 0 N–H and O–H groups in total. The zero-order valence-corrected chi connectivity index (χ0v) is 12.0. The van der Waals surface area contributed by atoms with Crippen LogP contribution < -0.4 is 5.19 Å². The third-order valence-electron chi connectivity index (χ3n) is 2.35. The summed E-state index contributed by atoms with van der Waals surface area (Å²) in [5.41, 5.74) is 2.09. The molecule has 13 heavy (non-hydrogen) atoms. The first-order chi connectivity index (χ1) is 6.16. The lowest BCUT2D eigenvalue weighted by atomic mass is 10.2. The van der Waals surface area contributed by atoms with Gasteiger partial charge >= 0.3 is 0 Å². The van der Waals surface area contributed by atoms with E-state index in [-0.39, 0.29) is 0 Å². The fourth-order valence-electron chi connectivity index (χ4n) is 1.66. The molecule has 0 saturated heterocycles. The van der Waals surface area contributed by atoms with E-state index in [9.17, 15) is 0 Å². The van der Waals surface area contributed by atoms with Crippen LogP contribution in [0.5, 0.6) is 0 Å². The van der Waals surface area contributed by atoms with Crippen molar-refractivity contribution in [2.75, 3.05) is 0 Å². The van der Waals surface area contributed by atoms with E-state index in [0.717, 1.165) is 10.5 Å². The summed E-state index contributed by atoms with van der Waals surface area (Å²) in [6.45, 7) is 6.71. The Kier molecular flexibility index (Phi) is 3.90. The van der Waals surface area contributed by atoms with Crippen LogP contribution >= 0.6 is 0 Å². The van der Waals surface area contributed by atoms with Crippen LogP contribution in [0.4, 0.5) is 0 Å². The van der Waals surface area contributed by atoms with Crippen molar-refractivity contribution >= 4 is 24.7 Å². The Bertz CT molecular complexity index is 273. The number of aryl methyl sites for hydroxylation is 1. The molecule has 3 heteroatoms. The molecular weight excluding hydrogens is 192 g/mol. The summed E-state index contributed by atoms with van der Waals surface area (Å²) < 4.78 is 5.76. The van der Waals surface area contributed by atoms with Crippen molar-refractivity contribution in [3.63, 3.8) is 0 Å². The minimum atomic E-state index is -1.12. The zero-order valence-electron chi connectivity index (χ0n) is 8.87. The topological polar surface area (TPSA) is 9.23 Å². The summed E-state index contributed by atoms with van der Waals surface area (Å²) in [7, 11) is -0.258. The molecule has 0 spiro atoms. The molecule has 0 amide bonds. The van der Waals surface area contributed by atoms with Gasteiger partial charge in [-0.05, 0) is 23.2 Å². The second kappa shape index (κ2) is 4.74. The second-order valence-electron chi connectivity index (χ2n) is 3.76. The van der Waals surface area contributed by atoms with Gasteiger partial charge in [-0.25, -0.2) is 0 Å². The van der Waals surface area contributed by atoms with Crippen molar-refractivity contribution in [1.29, 1.82) is 0 Å². The molecule has 0 bridgehead atoms. The molecule has 0 fully saturated rings. The number of rotatable bonds is 3. The lowest BCUT2D eigenvalue weighted by Gasteiger charge is -2.19. The lowest BCUT2D eigenvalue weighted by Crippen LogP contribution is -2.37. The maximum absolute atomic E-state index is 5.76. The molecular formula is C10H18OSi2. The van der Waals surface area contributed by atoms with E-state index in [1.165, 1.54) is 10.8 Å². The molecule has 1 atom stereocenters. The Hall–Kier alpha value is -0.386. The van der Waals surface area contributed by atoms with Crippen LogP contribution in [-0.2, 0) is 4.12 Å². The smallest absolute Gasteiger partial charge is 0.197 e. The zero-order chi connectivity index (χ0) is 9.84. The fraction of sp³-hybridized carbons (Fsp3) is 0.400. The van der Waals surface area contributed by atoms with E-state index in [1.54, 1.807) is 0 Å². The maximum Gasteiger partial charge on any atom is 0.197 e. The van der Waals surface area contributed by atoms with Gasteiger partial charge in [0.2, 0.25) is 0 Å². The average Bonchev–Trinajstić information content (AvgIpc) is 2.09. The van der Waals surface area contributed by atoms with Crippen LogP contribution in [0.2, 0.25) is 5.54 Å². The highest BCUT2D eigenvalue weighted by atomic mass is 28.3. The van der Waals surface area contributed by atoms with Crippen LogP contribution in [0.1, 0.15) is 19.4 Å². The summed E-state index contributed by atoms with van der Waals surface area (Å²) in [4.78, 5) is 0. The van der Waals surface area contributed by atoms with Gasteiger partial charge in [-0.3, -0.25) is 0 Å². The molecule has 1 aromatic rings. The summed E-state index contributed by atoms with van der Waals surface area (Å²) in [5.74, 6) is 0. The predicted octanol–water partition coefficient (Wildman–Crippen LogP) is 0.633. The van der Waals surface area contributed by atoms with Crippen molar-refractivity contribution in [2.45, 2.75) is 26.3 Å². The van der Waals surface area contributed by atoms with Gasteiger partial charge < -0.3 is 4.12 Å². The van der Waals surface area contributed by atoms with Crippen LogP contribution in [0, 0.1) is 6.92 Å². The Labute approximate surface area is 85.4 Å². The Balaban J connectivity index is 2.97. The van der Waals surface area contributed by atoms with E-state index in [2.05, 4.69) is 45.0 Å². The number of hydrogen-bond donors (Lipinski definition) is 0. The van der Waals surface area contributed by atoms with Crippen LogP contribution in [0.3, 0.4) is 0 Å². The Morgan fingerprint density at radius 3 is 2.38 bits per heavy atom. The second-order valence-corrected chi connectivity index (χ2v) is 8.44. The van der Waals surface area contributed by atoms with Crippen molar-refractivity contribution < 1.29 is 4.12 Å². The molecule has 1 rings (SSSR count). The van der Waals surface area contributed by atoms with Crippen LogP contribution in [0.15, 0.2) is 24.3 Å². The number of benzene rings is 1.